The molecule has 0 bridgehead atoms. The maximum atomic E-state index is 12.3. The van der Waals surface area contributed by atoms with E-state index in [2.05, 4.69) is 13.8 Å². The molecule has 2 nitrogen and oxygen atoms in total. The van der Waals surface area contributed by atoms with E-state index < -0.39 is 13.8 Å². The van der Waals surface area contributed by atoms with E-state index in [9.17, 15) is 7.84 Å². The van der Waals surface area contributed by atoms with E-state index >= 15 is 0 Å². The topological polar surface area (TPSA) is 37.3 Å². The summed E-state index contributed by atoms with van der Waals surface area (Å²) in [6, 6.07) is 0. The Hall–Kier alpha value is 0.318. The third-order valence-corrected chi connectivity index (χ3v) is 9.98. The van der Waals surface area contributed by atoms with E-state index in [0.717, 1.165) is 25.7 Å². The van der Waals surface area contributed by atoms with Crippen molar-refractivity contribution in [3.05, 3.63) is 0 Å². The van der Waals surface area contributed by atoms with Gasteiger partial charge in [0.15, 0.2) is 0 Å². The molecular formula is C24H51AsO2. The van der Waals surface area contributed by atoms with Gasteiger partial charge in [0, 0.05) is 0 Å². The molecule has 3 heteroatoms. The summed E-state index contributed by atoms with van der Waals surface area (Å²) < 4.78 is 22.5. The monoisotopic (exact) mass is 446 g/mol. The molecule has 0 atom stereocenters. The Kier molecular flexibility index (Phi) is 21.3. The van der Waals surface area contributed by atoms with Crippen LogP contribution < -0.4 is 0 Å². The maximum absolute atomic E-state index is 12.3. The van der Waals surface area contributed by atoms with E-state index in [-0.39, 0.29) is 0 Å². The molecule has 0 unspecified atom stereocenters. The fourth-order valence-electron chi connectivity index (χ4n) is 3.80. The van der Waals surface area contributed by atoms with Crippen LogP contribution in [-0.4, -0.2) is 17.9 Å². The molecular weight excluding hydrogens is 395 g/mol. The third-order valence-electron chi connectivity index (χ3n) is 5.72. The summed E-state index contributed by atoms with van der Waals surface area (Å²) in [6.07, 6.45) is 25.8. The molecule has 0 aliphatic rings. The van der Waals surface area contributed by atoms with Crippen LogP contribution >= 0.6 is 0 Å². The van der Waals surface area contributed by atoms with Gasteiger partial charge in [0.2, 0.25) is 0 Å². The Morgan fingerprint density at radius 3 is 0.926 bits per heavy atom. The van der Waals surface area contributed by atoms with E-state index in [0.29, 0.717) is 10.4 Å². The zero-order valence-corrected chi connectivity index (χ0v) is 20.7. The summed E-state index contributed by atoms with van der Waals surface area (Å²) in [5, 5.41) is 1.23. The number of unbranched alkanes of at least 4 members (excludes halogenated alkanes) is 18. The summed E-state index contributed by atoms with van der Waals surface area (Å²) in [6.45, 7) is 4.52. The Bertz CT molecular complexity index is 302. The first-order valence-electron chi connectivity index (χ1n) is 12.4. The molecule has 0 aromatic carbocycles. The Balaban J connectivity index is 3.32. The fourth-order valence-corrected chi connectivity index (χ4v) is 7.29. The second-order valence-electron chi connectivity index (χ2n) is 8.66. The van der Waals surface area contributed by atoms with Gasteiger partial charge >= 0.3 is 174 Å². The van der Waals surface area contributed by atoms with Gasteiger partial charge in [0.1, 0.15) is 0 Å². The van der Waals surface area contributed by atoms with Crippen LogP contribution in [0.15, 0.2) is 0 Å². The summed E-state index contributed by atoms with van der Waals surface area (Å²) in [4.78, 5) is 0. The minimum absolute atomic E-state index is 0.617. The third kappa shape index (κ3) is 22.5. The molecule has 0 aromatic rings. The zero-order valence-electron chi connectivity index (χ0n) is 18.9. The molecule has 0 radical (unpaired) electrons. The SMILES string of the molecule is CCCCCCCCCCCC[As](=O)(O)CCCCCCCCCCCC. The Morgan fingerprint density at radius 2 is 0.667 bits per heavy atom. The predicted octanol–water partition coefficient (Wildman–Crippen LogP) is 8.69. The molecule has 0 aliphatic heterocycles. The van der Waals surface area contributed by atoms with Crippen LogP contribution in [0.5, 0.6) is 0 Å². The molecule has 0 spiro atoms. The van der Waals surface area contributed by atoms with Gasteiger partial charge in [0.05, 0.1) is 0 Å². The van der Waals surface area contributed by atoms with Crippen molar-refractivity contribution in [1.82, 2.24) is 0 Å². The van der Waals surface area contributed by atoms with E-state index in [1.165, 1.54) is 103 Å². The van der Waals surface area contributed by atoms with Gasteiger partial charge in [-0.3, -0.25) is 0 Å². The van der Waals surface area contributed by atoms with Crippen molar-refractivity contribution >= 4 is 13.8 Å². The predicted molar refractivity (Wildman–Crippen MR) is 122 cm³/mol. The van der Waals surface area contributed by atoms with Crippen molar-refractivity contribution in [1.29, 1.82) is 0 Å². The molecule has 0 saturated heterocycles. The van der Waals surface area contributed by atoms with Crippen LogP contribution in [0.2, 0.25) is 10.4 Å². The molecule has 0 aliphatic carbocycles. The normalized spacial score (nSPS) is 12.0. The fraction of sp³-hybridized carbons (Fsp3) is 1.00. The van der Waals surface area contributed by atoms with Crippen molar-refractivity contribution in [3.8, 4) is 0 Å². The number of hydrogen-bond donors (Lipinski definition) is 1. The second-order valence-corrected chi connectivity index (χ2v) is 14.1. The molecule has 0 amide bonds. The summed E-state index contributed by atoms with van der Waals surface area (Å²) in [5.74, 6) is 0. The summed E-state index contributed by atoms with van der Waals surface area (Å²) >= 11 is -3.48. The van der Waals surface area contributed by atoms with Gasteiger partial charge in [-0.2, -0.15) is 0 Å². The average molecular weight is 447 g/mol. The van der Waals surface area contributed by atoms with Gasteiger partial charge in [-0.25, -0.2) is 0 Å². The molecule has 164 valence electrons. The van der Waals surface area contributed by atoms with Crippen LogP contribution in [0, 0.1) is 0 Å². The van der Waals surface area contributed by atoms with E-state index in [1.54, 1.807) is 0 Å². The van der Waals surface area contributed by atoms with Crippen molar-refractivity contribution in [3.63, 3.8) is 0 Å². The standard InChI is InChI=1S/C24H51AsO2/c1-3-5-7-9-11-13-15-17-19-21-23-25(26,27)24-22-20-18-16-14-12-10-8-6-4-2/h3-24H2,1-2H3,(H,26,27). The molecule has 27 heavy (non-hydrogen) atoms. The first kappa shape index (κ1) is 27.3. The number of rotatable bonds is 22. The molecule has 1 N–H and O–H groups in total. The molecule has 0 heterocycles. The zero-order chi connectivity index (χ0) is 20.1. The minimum atomic E-state index is -3.48. The first-order chi connectivity index (χ1) is 13.1. The van der Waals surface area contributed by atoms with Crippen molar-refractivity contribution in [2.75, 3.05) is 0 Å². The van der Waals surface area contributed by atoms with Gasteiger partial charge < -0.3 is 0 Å². The molecule has 0 aromatic heterocycles. The Labute approximate surface area is 174 Å². The van der Waals surface area contributed by atoms with Gasteiger partial charge in [-0.1, -0.05) is 0 Å². The molecule has 0 fully saturated rings. The second kappa shape index (κ2) is 21.0. The van der Waals surface area contributed by atoms with E-state index in [4.69, 9.17) is 0 Å². The molecule has 0 rings (SSSR count). The van der Waals surface area contributed by atoms with E-state index in [1.807, 2.05) is 0 Å². The van der Waals surface area contributed by atoms with Crippen LogP contribution in [0.25, 0.3) is 0 Å². The summed E-state index contributed by atoms with van der Waals surface area (Å²) in [5.41, 5.74) is 0. The van der Waals surface area contributed by atoms with Crippen molar-refractivity contribution < 1.29 is 7.84 Å². The van der Waals surface area contributed by atoms with Crippen LogP contribution in [0.4, 0.5) is 0 Å². The van der Waals surface area contributed by atoms with Gasteiger partial charge in [-0.05, 0) is 0 Å². The number of hydrogen-bond acceptors (Lipinski definition) is 1. The van der Waals surface area contributed by atoms with Crippen LogP contribution in [-0.2, 0) is 3.74 Å². The Morgan fingerprint density at radius 1 is 0.444 bits per heavy atom. The molecule has 0 saturated carbocycles. The van der Waals surface area contributed by atoms with Crippen molar-refractivity contribution in [2.45, 2.75) is 153 Å². The van der Waals surface area contributed by atoms with Gasteiger partial charge in [0.25, 0.3) is 0 Å². The average Bonchev–Trinajstić information content (AvgIpc) is 2.64. The quantitative estimate of drug-likeness (QED) is 0.133. The summed E-state index contributed by atoms with van der Waals surface area (Å²) in [7, 11) is 0. The van der Waals surface area contributed by atoms with Crippen LogP contribution in [0.1, 0.15) is 142 Å². The van der Waals surface area contributed by atoms with Crippen molar-refractivity contribution in [2.24, 2.45) is 0 Å². The van der Waals surface area contributed by atoms with Gasteiger partial charge in [-0.15, -0.1) is 0 Å². The first-order valence-corrected chi connectivity index (χ1v) is 16.7. The van der Waals surface area contributed by atoms with Crippen LogP contribution in [0.3, 0.4) is 0 Å².